The molecular formula is C26H19FN6O. The summed E-state index contributed by atoms with van der Waals surface area (Å²) in [7, 11) is 1.56. The van der Waals surface area contributed by atoms with E-state index in [9.17, 15) is 4.39 Å². The van der Waals surface area contributed by atoms with Crippen LogP contribution in [0.2, 0.25) is 0 Å². The zero-order valence-electron chi connectivity index (χ0n) is 18.2. The maximum atomic E-state index is 14.6. The van der Waals surface area contributed by atoms with Gasteiger partial charge in [0.15, 0.2) is 17.4 Å². The molecule has 0 fully saturated rings. The summed E-state index contributed by atoms with van der Waals surface area (Å²) in [6.07, 6.45) is 10.3. The van der Waals surface area contributed by atoms with Crippen LogP contribution < -0.4 is 10.1 Å². The Bertz CT molecular complexity index is 1520. The molecule has 0 bridgehead atoms. The first-order valence-electron chi connectivity index (χ1n) is 10.5. The predicted molar refractivity (Wildman–Crippen MR) is 128 cm³/mol. The van der Waals surface area contributed by atoms with E-state index in [1.807, 2.05) is 36.4 Å². The van der Waals surface area contributed by atoms with Gasteiger partial charge in [0.2, 0.25) is 0 Å². The molecule has 7 nitrogen and oxygen atoms in total. The van der Waals surface area contributed by atoms with Crippen molar-refractivity contribution in [3.05, 3.63) is 90.1 Å². The first-order valence-corrected chi connectivity index (χ1v) is 10.5. The average molecular weight is 450 g/mol. The standard InChI is InChI=1S/C26H19FN6O/c1-3-17-8-9-18(21(27)14-17)16-33-22-7-5-4-6-20(22)24(32-33)26-29-15-23(34-2)25(31-26)30-19-10-12-28-13-11-19/h1,4-15H,16H2,2H3,(H,28,29,30,31). The highest BCUT2D eigenvalue weighted by atomic mass is 19.1. The minimum Gasteiger partial charge on any atom is -0.491 e. The van der Waals surface area contributed by atoms with Gasteiger partial charge in [-0.3, -0.25) is 9.67 Å². The Morgan fingerprint density at radius 2 is 1.94 bits per heavy atom. The Hall–Kier alpha value is -4.77. The molecule has 0 aliphatic carbocycles. The number of para-hydroxylation sites is 1. The van der Waals surface area contributed by atoms with Crippen molar-refractivity contribution >= 4 is 22.4 Å². The Morgan fingerprint density at radius 1 is 1.12 bits per heavy atom. The Morgan fingerprint density at radius 3 is 2.71 bits per heavy atom. The van der Waals surface area contributed by atoms with E-state index in [1.165, 1.54) is 6.07 Å². The van der Waals surface area contributed by atoms with Crippen molar-refractivity contribution in [1.82, 2.24) is 24.7 Å². The summed E-state index contributed by atoms with van der Waals surface area (Å²) in [5.74, 6) is 3.47. The molecule has 0 aliphatic rings. The number of nitrogens with one attached hydrogen (secondary N) is 1. The van der Waals surface area contributed by atoms with E-state index < -0.39 is 0 Å². The van der Waals surface area contributed by atoms with Crippen molar-refractivity contribution in [1.29, 1.82) is 0 Å². The van der Waals surface area contributed by atoms with Gasteiger partial charge in [0.1, 0.15) is 11.5 Å². The van der Waals surface area contributed by atoms with E-state index in [2.05, 4.69) is 26.2 Å². The number of rotatable bonds is 6. The van der Waals surface area contributed by atoms with Crippen LogP contribution in [0, 0.1) is 18.2 Å². The maximum Gasteiger partial charge on any atom is 0.183 e. The van der Waals surface area contributed by atoms with Gasteiger partial charge >= 0.3 is 0 Å². The molecule has 166 valence electrons. The van der Waals surface area contributed by atoms with Crippen molar-refractivity contribution in [2.75, 3.05) is 12.4 Å². The van der Waals surface area contributed by atoms with Crippen LogP contribution in [-0.4, -0.2) is 31.8 Å². The zero-order valence-corrected chi connectivity index (χ0v) is 18.2. The number of hydrogen-bond donors (Lipinski definition) is 1. The van der Waals surface area contributed by atoms with Crippen LogP contribution in [0.25, 0.3) is 22.4 Å². The van der Waals surface area contributed by atoms with Crippen LogP contribution in [-0.2, 0) is 6.54 Å². The second-order valence-electron chi connectivity index (χ2n) is 7.45. The fourth-order valence-corrected chi connectivity index (χ4v) is 3.64. The number of pyridine rings is 1. The number of anilines is 2. The maximum absolute atomic E-state index is 14.6. The Balaban J connectivity index is 1.57. The Kier molecular flexibility index (Phi) is 5.58. The SMILES string of the molecule is C#Cc1ccc(Cn2nc(-c3ncc(OC)c(Nc4ccncc4)n3)c3ccccc32)c(F)c1. The fourth-order valence-electron chi connectivity index (χ4n) is 3.64. The summed E-state index contributed by atoms with van der Waals surface area (Å²) in [5, 5.41) is 8.83. The molecule has 3 aromatic heterocycles. The molecule has 8 heteroatoms. The summed E-state index contributed by atoms with van der Waals surface area (Å²) in [6.45, 7) is 0.232. The predicted octanol–water partition coefficient (Wildman–Crippen LogP) is 4.81. The molecule has 5 rings (SSSR count). The lowest BCUT2D eigenvalue weighted by Crippen LogP contribution is -2.05. The molecule has 1 N–H and O–H groups in total. The largest absolute Gasteiger partial charge is 0.491 e. The molecule has 0 saturated carbocycles. The topological polar surface area (TPSA) is 77.8 Å². The molecule has 0 atom stereocenters. The molecule has 0 unspecified atom stereocenters. The first-order chi connectivity index (χ1) is 16.7. The van der Waals surface area contributed by atoms with Gasteiger partial charge in [-0.05, 0) is 30.3 Å². The summed E-state index contributed by atoms with van der Waals surface area (Å²) in [6, 6.07) is 16.1. The highest BCUT2D eigenvalue weighted by Crippen LogP contribution is 2.31. The van der Waals surface area contributed by atoms with Crippen molar-refractivity contribution in [2.24, 2.45) is 0 Å². The van der Waals surface area contributed by atoms with Gasteiger partial charge in [0.25, 0.3) is 0 Å². The van der Waals surface area contributed by atoms with E-state index in [1.54, 1.807) is 42.5 Å². The van der Waals surface area contributed by atoms with E-state index in [-0.39, 0.29) is 12.4 Å². The van der Waals surface area contributed by atoms with Gasteiger partial charge in [-0.25, -0.2) is 14.4 Å². The first kappa shape index (κ1) is 21.1. The number of fused-ring (bicyclic) bond motifs is 1. The number of nitrogens with zero attached hydrogens (tertiary/aromatic N) is 5. The van der Waals surface area contributed by atoms with E-state index in [0.717, 1.165) is 16.6 Å². The molecule has 0 aliphatic heterocycles. The molecule has 5 aromatic rings. The van der Waals surface area contributed by atoms with Crippen molar-refractivity contribution in [3.63, 3.8) is 0 Å². The van der Waals surface area contributed by atoms with Crippen LogP contribution in [0.3, 0.4) is 0 Å². The lowest BCUT2D eigenvalue weighted by Gasteiger charge is -2.10. The van der Waals surface area contributed by atoms with Gasteiger partial charge in [0.05, 0.1) is 25.4 Å². The van der Waals surface area contributed by atoms with E-state index >= 15 is 0 Å². The van der Waals surface area contributed by atoms with Gasteiger partial charge in [-0.1, -0.05) is 30.2 Å². The summed E-state index contributed by atoms with van der Waals surface area (Å²) >= 11 is 0. The lowest BCUT2D eigenvalue weighted by atomic mass is 10.1. The van der Waals surface area contributed by atoms with Gasteiger partial charge < -0.3 is 10.1 Å². The van der Waals surface area contributed by atoms with Crippen LogP contribution in [0.15, 0.2) is 73.2 Å². The molecule has 3 heterocycles. The van der Waals surface area contributed by atoms with Crippen LogP contribution in [0.4, 0.5) is 15.9 Å². The Labute approximate surface area is 195 Å². The normalized spacial score (nSPS) is 10.7. The van der Waals surface area contributed by atoms with Crippen LogP contribution in [0.1, 0.15) is 11.1 Å². The number of hydrogen-bond acceptors (Lipinski definition) is 6. The quantitative estimate of drug-likeness (QED) is 0.374. The highest BCUT2D eigenvalue weighted by molar-refractivity contribution is 5.92. The van der Waals surface area contributed by atoms with E-state index in [0.29, 0.717) is 34.2 Å². The number of benzene rings is 2. The van der Waals surface area contributed by atoms with Gasteiger partial charge in [-0.15, -0.1) is 6.42 Å². The van der Waals surface area contributed by atoms with Crippen molar-refractivity contribution in [2.45, 2.75) is 6.54 Å². The third kappa shape index (κ3) is 4.02. The second kappa shape index (κ2) is 9.00. The van der Waals surface area contributed by atoms with Crippen LogP contribution >= 0.6 is 0 Å². The molecule has 0 amide bonds. The minimum absolute atomic E-state index is 0.232. The van der Waals surface area contributed by atoms with Gasteiger partial charge in [0, 0.05) is 34.6 Å². The number of methoxy groups -OCH3 is 1. The molecular weight excluding hydrogens is 431 g/mol. The highest BCUT2D eigenvalue weighted by Gasteiger charge is 2.18. The smallest absolute Gasteiger partial charge is 0.183 e. The van der Waals surface area contributed by atoms with Crippen molar-refractivity contribution in [3.8, 4) is 29.6 Å². The lowest BCUT2D eigenvalue weighted by molar-refractivity contribution is 0.413. The number of halogens is 1. The molecule has 0 saturated heterocycles. The average Bonchev–Trinajstić information content (AvgIpc) is 3.24. The third-order valence-electron chi connectivity index (χ3n) is 5.33. The zero-order chi connectivity index (χ0) is 23.5. The van der Waals surface area contributed by atoms with Gasteiger partial charge in [-0.2, -0.15) is 5.10 Å². The third-order valence-corrected chi connectivity index (χ3v) is 5.33. The summed E-state index contributed by atoms with van der Waals surface area (Å²) in [4.78, 5) is 13.2. The number of aromatic nitrogens is 5. The number of terminal acetylenes is 1. The minimum atomic E-state index is -0.374. The summed E-state index contributed by atoms with van der Waals surface area (Å²) in [5.41, 5.74) is 3.19. The van der Waals surface area contributed by atoms with Crippen LogP contribution in [0.5, 0.6) is 5.75 Å². The molecule has 0 spiro atoms. The molecule has 34 heavy (non-hydrogen) atoms. The summed E-state index contributed by atoms with van der Waals surface area (Å²) < 4.78 is 21.8. The molecule has 2 aromatic carbocycles. The fraction of sp³-hybridized carbons (Fsp3) is 0.0769. The molecule has 0 radical (unpaired) electrons. The van der Waals surface area contributed by atoms with E-state index in [4.69, 9.17) is 16.3 Å². The monoisotopic (exact) mass is 450 g/mol. The number of ether oxygens (including phenoxy) is 1. The second-order valence-corrected chi connectivity index (χ2v) is 7.45. The van der Waals surface area contributed by atoms with Crippen molar-refractivity contribution < 1.29 is 9.13 Å².